The normalized spacial score (nSPS) is 12.3. The van der Waals surface area contributed by atoms with Crippen molar-refractivity contribution >= 4 is 11.8 Å². The molecular formula is C40H57N2+. The third-order valence-electron chi connectivity index (χ3n) is 8.65. The molecule has 0 aliphatic rings. The minimum Gasteiger partial charge on any atom is -0.0882 e. The van der Waals surface area contributed by atoms with Crippen LogP contribution in [0.25, 0.3) is 17.2 Å². The molecule has 0 aliphatic heterocycles. The maximum Gasteiger partial charge on any atom is 0.208 e. The topological polar surface area (TPSA) is 15.4 Å². The highest BCUT2D eigenvalue weighted by Gasteiger charge is 2.16. The highest BCUT2D eigenvalue weighted by atomic mass is 15.3. The molecule has 0 atom stereocenters. The molecule has 226 valence electrons. The molecular weight excluding hydrogens is 508 g/mol. The van der Waals surface area contributed by atoms with E-state index in [0.717, 1.165) is 37.9 Å². The van der Waals surface area contributed by atoms with Gasteiger partial charge in [0.05, 0.1) is 0 Å². The molecule has 0 spiro atoms. The van der Waals surface area contributed by atoms with Gasteiger partial charge in [-0.2, -0.15) is 0 Å². The first-order chi connectivity index (χ1) is 20.4. The van der Waals surface area contributed by atoms with Crippen molar-refractivity contribution in [1.29, 1.82) is 0 Å². The Balaban J connectivity index is 2.00. The summed E-state index contributed by atoms with van der Waals surface area (Å²) in [6, 6.07) is 20.4. The van der Waals surface area contributed by atoms with E-state index >= 15 is 0 Å². The quantitative estimate of drug-likeness (QED) is 0.0878. The van der Waals surface area contributed by atoms with E-state index in [-0.39, 0.29) is 0 Å². The van der Waals surface area contributed by atoms with Crippen LogP contribution in [0.5, 0.6) is 0 Å². The Morgan fingerprint density at radius 1 is 0.714 bits per heavy atom. The summed E-state index contributed by atoms with van der Waals surface area (Å²) >= 11 is 0. The Labute approximate surface area is 258 Å². The van der Waals surface area contributed by atoms with Crippen molar-refractivity contribution in [2.24, 2.45) is 5.11 Å². The van der Waals surface area contributed by atoms with Gasteiger partial charge in [0.25, 0.3) is 0 Å². The lowest BCUT2D eigenvalue weighted by molar-refractivity contribution is -0.539. The van der Waals surface area contributed by atoms with Gasteiger partial charge in [-0.05, 0) is 115 Å². The molecule has 3 rings (SSSR count). The summed E-state index contributed by atoms with van der Waals surface area (Å²) in [5.41, 5.74) is 13.6. The molecule has 2 heteroatoms. The fraction of sp³-hybridized carbons (Fsp3) is 0.500. The molecule has 3 aromatic carbocycles. The average molecular weight is 566 g/mol. The van der Waals surface area contributed by atoms with Crippen LogP contribution in [0.15, 0.2) is 65.4 Å². The van der Waals surface area contributed by atoms with Crippen molar-refractivity contribution in [3.8, 4) is 11.1 Å². The molecule has 0 aromatic heterocycles. The zero-order valence-corrected chi connectivity index (χ0v) is 27.9. The van der Waals surface area contributed by atoms with Crippen LogP contribution in [0.4, 0.5) is 5.69 Å². The summed E-state index contributed by atoms with van der Waals surface area (Å²) in [5, 5.41) is 5.27. The van der Waals surface area contributed by atoms with Gasteiger partial charge in [0.1, 0.15) is 5.69 Å². The number of hydrogen-bond acceptors (Lipinski definition) is 1. The van der Waals surface area contributed by atoms with Crippen molar-refractivity contribution in [3.63, 3.8) is 0 Å². The first-order valence-electron chi connectivity index (χ1n) is 17.0. The van der Waals surface area contributed by atoms with Gasteiger partial charge in [0.2, 0.25) is 5.70 Å². The van der Waals surface area contributed by atoms with E-state index in [2.05, 4.69) is 114 Å². The van der Waals surface area contributed by atoms with E-state index in [4.69, 9.17) is 5.11 Å². The van der Waals surface area contributed by atoms with Crippen molar-refractivity contribution in [2.45, 2.75) is 126 Å². The van der Waals surface area contributed by atoms with Crippen LogP contribution in [0, 0.1) is 13.8 Å². The Hall–Kier alpha value is -3.00. The van der Waals surface area contributed by atoms with Gasteiger partial charge in [0, 0.05) is 12.5 Å². The molecule has 0 unspecified atom stereocenters. The Bertz CT molecular complexity index is 1310. The molecule has 42 heavy (non-hydrogen) atoms. The predicted octanol–water partition coefficient (Wildman–Crippen LogP) is 12.3. The van der Waals surface area contributed by atoms with Gasteiger partial charge in [-0.1, -0.05) is 113 Å². The third-order valence-corrected chi connectivity index (χ3v) is 8.65. The molecule has 3 aromatic rings. The van der Waals surface area contributed by atoms with Gasteiger partial charge in [-0.25, -0.2) is 0 Å². The zero-order chi connectivity index (χ0) is 30.3. The molecule has 0 amide bonds. The van der Waals surface area contributed by atoms with Gasteiger partial charge in [-0.15, -0.1) is 0 Å². The molecule has 0 heterocycles. The van der Waals surface area contributed by atoms with Crippen LogP contribution >= 0.6 is 0 Å². The summed E-state index contributed by atoms with van der Waals surface area (Å²) in [4.78, 5) is 0. The van der Waals surface area contributed by atoms with E-state index in [1.807, 2.05) is 0 Å². The van der Waals surface area contributed by atoms with Crippen molar-refractivity contribution in [2.75, 3.05) is 6.54 Å². The van der Waals surface area contributed by atoms with E-state index in [0.29, 0.717) is 0 Å². The third kappa shape index (κ3) is 9.51. The van der Waals surface area contributed by atoms with Crippen LogP contribution in [-0.4, -0.2) is 11.2 Å². The summed E-state index contributed by atoms with van der Waals surface area (Å²) in [7, 11) is 0. The van der Waals surface area contributed by atoms with Gasteiger partial charge in [0.15, 0.2) is 6.54 Å². The van der Waals surface area contributed by atoms with Crippen LogP contribution in [0.3, 0.4) is 0 Å². The number of aryl methyl sites for hydroxylation is 4. The number of nitrogens with zero attached hydrogens (tertiary/aromatic N) is 2. The van der Waals surface area contributed by atoms with E-state index in [1.165, 1.54) is 102 Å². The SMILES string of the molecule is CCCCCCCCc1cc(N=[N+](CC)C(=Cc2cc(CC)c(C)c(CCCC)c2)CC)cc(C)c1-c1ccccc1. The minimum atomic E-state index is 0.848. The molecule has 0 radical (unpaired) electrons. The van der Waals surface area contributed by atoms with E-state index in [1.54, 1.807) is 0 Å². The molecule has 0 saturated heterocycles. The Kier molecular flexibility index (Phi) is 14.2. The second-order valence-corrected chi connectivity index (χ2v) is 11.9. The summed E-state index contributed by atoms with van der Waals surface area (Å²) in [5.74, 6) is 0. The van der Waals surface area contributed by atoms with Crippen molar-refractivity contribution < 1.29 is 4.70 Å². The fourth-order valence-electron chi connectivity index (χ4n) is 6.18. The van der Waals surface area contributed by atoms with Gasteiger partial charge in [-0.3, -0.25) is 0 Å². The number of benzene rings is 3. The van der Waals surface area contributed by atoms with Gasteiger partial charge >= 0.3 is 0 Å². The second-order valence-electron chi connectivity index (χ2n) is 11.9. The van der Waals surface area contributed by atoms with Crippen LogP contribution < -0.4 is 0 Å². The number of unbranched alkanes of at least 4 members (excludes halogenated alkanes) is 6. The standard InChI is InChI=1S/C40H57N2/c1-8-13-15-16-17-19-25-37-30-38(26-31(6)40(37)35-23-20-18-21-24-35)41-42(12-5)39(11-4)29-33-27-34(10-3)32(7)36(28-33)22-14-9-2/h18,20-21,23-24,26-30H,8-17,19,22,25H2,1-7H3/q+1. The van der Waals surface area contributed by atoms with E-state index < -0.39 is 0 Å². The monoisotopic (exact) mass is 565 g/mol. The van der Waals surface area contributed by atoms with E-state index in [9.17, 15) is 0 Å². The summed E-state index contributed by atoms with van der Waals surface area (Å²) in [6.07, 6.45) is 17.0. The summed E-state index contributed by atoms with van der Waals surface area (Å²) in [6.45, 7) is 16.7. The largest absolute Gasteiger partial charge is 0.208 e. The Morgan fingerprint density at radius 3 is 2.05 bits per heavy atom. The zero-order valence-electron chi connectivity index (χ0n) is 27.9. The Morgan fingerprint density at radius 2 is 1.38 bits per heavy atom. The molecule has 2 nitrogen and oxygen atoms in total. The van der Waals surface area contributed by atoms with Gasteiger partial charge < -0.3 is 0 Å². The highest BCUT2D eigenvalue weighted by Crippen LogP contribution is 2.33. The maximum atomic E-state index is 5.27. The number of allylic oxidation sites excluding steroid dienone is 1. The summed E-state index contributed by atoms with van der Waals surface area (Å²) < 4.78 is 2.22. The first-order valence-corrected chi connectivity index (χ1v) is 17.0. The fourth-order valence-corrected chi connectivity index (χ4v) is 6.18. The molecule has 0 aliphatic carbocycles. The van der Waals surface area contributed by atoms with Crippen molar-refractivity contribution in [1.82, 2.24) is 0 Å². The maximum absolute atomic E-state index is 5.27. The lowest BCUT2D eigenvalue weighted by Gasteiger charge is -2.14. The van der Waals surface area contributed by atoms with Crippen LogP contribution in [0.1, 0.15) is 126 Å². The highest BCUT2D eigenvalue weighted by molar-refractivity contribution is 5.73. The second kappa shape index (κ2) is 17.8. The lowest BCUT2D eigenvalue weighted by atomic mass is 9.91. The number of hydrogen-bond donors (Lipinski definition) is 0. The number of azo groups is 2. The average Bonchev–Trinajstić information content (AvgIpc) is 3.00. The predicted molar refractivity (Wildman–Crippen MR) is 184 cm³/mol. The minimum absolute atomic E-state index is 0.848. The smallest absolute Gasteiger partial charge is 0.0882 e. The van der Waals surface area contributed by atoms with Crippen LogP contribution in [0.2, 0.25) is 0 Å². The van der Waals surface area contributed by atoms with Crippen molar-refractivity contribution in [3.05, 3.63) is 93.7 Å². The molecule has 0 fully saturated rings. The first kappa shape index (κ1) is 33.5. The molecule has 0 N–H and O–H groups in total. The van der Waals surface area contributed by atoms with Crippen LogP contribution in [-0.2, 0) is 19.3 Å². The number of rotatable bonds is 17. The molecule has 0 saturated carbocycles. The lowest BCUT2D eigenvalue weighted by Crippen LogP contribution is -2.08. The molecule has 0 bridgehead atoms.